The highest BCUT2D eigenvalue weighted by atomic mass is 16.7. The van der Waals surface area contributed by atoms with E-state index in [-0.39, 0.29) is 12.3 Å². The number of hydrogen-bond donors (Lipinski definition) is 1. The average molecular weight is 249 g/mol. The smallest absolute Gasteiger partial charge is 0.159 e. The van der Waals surface area contributed by atoms with Crippen LogP contribution in [0.25, 0.3) is 0 Å². The first-order valence-corrected chi connectivity index (χ1v) is 6.62. The van der Waals surface area contributed by atoms with E-state index in [0.29, 0.717) is 13.2 Å². The number of aryl methyl sites for hydroxylation is 3. The number of nitrogens with two attached hydrogens (primary N) is 1. The molecule has 1 aliphatic heterocycles. The summed E-state index contributed by atoms with van der Waals surface area (Å²) in [6, 6.07) is 4.53. The Labute approximate surface area is 109 Å². The maximum atomic E-state index is 6.20. The van der Waals surface area contributed by atoms with Gasteiger partial charge in [-0.1, -0.05) is 17.7 Å². The van der Waals surface area contributed by atoms with Crippen LogP contribution in [0.4, 0.5) is 0 Å². The normalized spacial score (nSPS) is 18.2. The summed E-state index contributed by atoms with van der Waals surface area (Å²) in [6.07, 6.45) is 1.56. The predicted molar refractivity (Wildman–Crippen MR) is 72.6 cm³/mol. The summed E-state index contributed by atoms with van der Waals surface area (Å²) < 4.78 is 10.9. The van der Waals surface area contributed by atoms with Crippen LogP contribution in [-0.2, 0) is 15.9 Å². The van der Waals surface area contributed by atoms with Crippen molar-refractivity contribution >= 4 is 0 Å². The van der Waals surface area contributed by atoms with Gasteiger partial charge in [-0.3, -0.25) is 0 Å². The maximum Gasteiger partial charge on any atom is 0.159 e. The molecule has 3 heteroatoms. The van der Waals surface area contributed by atoms with Gasteiger partial charge in [0.1, 0.15) is 0 Å². The van der Waals surface area contributed by atoms with Crippen molar-refractivity contribution in [1.29, 1.82) is 0 Å². The molecule has 2 rings (SSSR count). The van der Waals surface area contributed by atoms with Crippen LogP contribution < -0.4 is 5.73 Å². The molecule has 0 aliphatic carbocycles. The van der Waals surface area contributed by atoms with Gasteiger partial charge >= 0.3 is 0 Å². The lowest BCUT2D eigenvalue weighted by molar-refractivity contribution is -0.0504. The number of rotatable bonds is 4. The molecule has 100 valence electrons. The van der Waals surface area contributed by atoms with E-state index < -0.39 is 0 Å². The molecule has 1 unspecified atom stereocenters. The Hall–Kier alpha value is -0.900. The third-order valence-electron chi connectivity index (χ3n) is 3.49. The minimum Gasteiger partial charge on any atom is -0.350 e. The predicted octanol–water partition coefficient (Wildman–Crippen LogP) is 2.24. The fourth-order valence-electron chi connectivity index (χ4n) is 2.67. The van der Waals surface area contributed by atoms with E-state index in [1.807, 2.05) is 0 Å². The third-order valence-corrected chi connectivity index (χ3v) is 3.49. The molecule has 0 aromatic heterocycles. The molecule has 1 aliphatic rings. The standard InChI is InChI=1S/C15H23NO2/c1-10-6-11(2)14(12(3)7-10)8-13(16)9-15-17-4-5-18-15/h6-7,13,15H,4-5,8-9,16H2,1-3H3. The van der Waals surface area contributed by atoms with Crippen molar-refractivity contribution in [3.05, 3.63) is 34.4 Å². The van der Waals surface area contributed by atoms with Crippen molar-refractivity contribution in [2.75, 3.05) is 13.2 Å². The molecule has 1 saturated heterocycles. The molecule has 0 radical (unpaired) electrons. The number of ether oxygens (including phenoxy) is 2. The summed E-state index contributed by atoms with van der Waals surface area (Å²) in [5.74, 6) is 0. The molecular weight excluding hydrogens is 226 g/mol. The minimum atomic E-state index is -0.105. The van der Waals surface area contributed by atoms with E-state index in [2.05, 4.69) is 32.9 Å². The van der Waals surface area contributed by atoms with Crippen LogP contribution >= 0.6 is 0 Å². The van der Waals surface area contributed by atoms with Gasteiger partial charge in [0, 0.05) is 12.5 Å². The van der Waals surface area contributed by atoms with E-state index in [1.165, 1.54) is 22.3 Å². The number of hydrogen-bond acceptors (Lipinski definition) is 3. The Morgan fingerprint density at radius 3 is 2.28 bits per heavy atom. The maximum absolute atomic E-state index is 6.20. The second-order valence-corrected chi connectivity index (χ2v) is 5.25. The molecule has 1 aromatic rings. The van der Waals surface area contributed by atoms with Crippen LogP contribution in [-0.4, -0.2) is 25.5 Å². The van der Waals surface area contributed by atoms with Gasteiger partial charge in [0.25, 0.3) is 0 Å². The van der Waals surface area contributed by atoms with Crippen LogP contribution in [0.3, 0.4) is 0 Å². The van der Waals surface area contributed by atoms with Gasteiger partial charge in [-0.05, 0) is 43.9 Å². The zero-order valence-corrected chi connectivity index (χ0v) is 11.5. The highest BCUT2D eigenvalue weighted by molar-refractivity contribution is 5.37. The van der Waals surface area contributed by atoms with Crippen LogP contribution in [0.15, 0.2) is 12.1 Å². The second kappa shape index (κ2) is 5.83. The van der Waals surface area contributed by atoms with Crippen molar-refractivity contribution in [1.82, 2.24) is 0 Å². The Bertz CT molecular complexity index is 388. The first kappa shape index (κ1) is 13.5. The first-order chi connectivity index (χ1) is 8.56. The second-order valence-electron chi connectivity index (χ2n) is 5.25. The van der Waals surface area contributed by atoms with E-state index in [0.717, 1.165) is 12.8 Å². The highest BCUT2D eigenvalue weighted by Gasteiger charge is 2.20. The van der Waals surface area contributed by atoms with E-state index in [4.69, 9.17) is 15.2 Å². The zero-order chi connectivity index (χ0) is 13.1. The summed E-state index contributed by atoms with van der Waals surface area (Å²) in [7, 11) is 0. The monoisotopic (exact) mass is 249 g/mol. The SMILES string of the molecule is Cc1cc(C)c(CC(N)CC2OCCO2)c(C)c1. The topological polar surface area (TPSA) is 44.5 Å². The van der Waals surface area contributed by atoms with Crippen molar-refractivity contribution in [3.8, 4) is 0 Å². The summed E-state index contributed by atoms with van der Waals surface area (Å²) in [6.45, 7) is 7.83. The minimum absolute atomic E-state index is 0.0909. The first-order valence-electron chi connectivity index (χ1n) is 6.62. The molecular formula is C15H23NO2. The van der Waals surface area contributed by atoms with Gasteiger partial charge in [-0.15, -0.1) is 0 Å². The largest absolute Gasteiger partial charge is 0.350 e. The van der Waals surface area contributed by atoms with Crippen molar-refractivity contribution in [3.63, 3.8) is 0 Å². The summed E-state index contributed by atoms with van der Waals surface area (Å²) in [5, 5.41) is 0. The Morgan fingerprint density at radius 1 is 1.17 bits per heavy atom. The quantitative estimate of drug-likeness (QED) is 0.890. The van der Waals surface area contributed by atoms with Gasteiger partial charge in [-0.2, -0.15) is 0 Å². The van der Waals surface area contributed by atoms with Crippen molar-refractivity contribution in [2.24, 2.45) is 5.73 Å². The molecule has 1 atom stereocenters. The molecule has 1 aromatic carbocycles. The van der Waals surface area contributed by atoms with Gasteiger partial charge < -0.3 is 15.2 Å². The average Bonchev–Trinajstić information content (AvgIpc) is 2.76. The van der Waals surface area contributed by atoms with Crippen LogP contribution in [0, 0.1) is 20.8 Å². The Kier molecular flexibility index (Phi) is 4.38. The lowest BCUT2D eigenvalue weighted by Crippen LogP contribution is -2.29. The van der Waals surface area contributed by atoms with Crippen LogP contribution in [0.5, 0.6) is 0 Å². The fraction of sp³-hybridized carbons (Fsp3) is 0.600. The van der Waals surface area contributed by atoms with Gasteiger partial charge in [0.2, 0.25) is 0 Å². The summed E-state index contributed by atoms with van der Waals surface area (Å²) >= 11 is 0. The lowest BCUT2D eigenvalue weighted by Gasteiger charge is -2.18. The van der Waals surface area contributed by atoms with E-state index >= 15 is 0 Å². The Morgan fingerprint density at radius 2 is 1.72 bits per heavy atom. The summed E-state index contributed by atoms with van der Waals surface area (Å²) in [4.78, 5) is 0. The Balaban J connectivity index is 1.99. The molecule has 0 bridgehead atoms. The summed E-state index contributed by atoms with van der Waals surface area (Å²) in [5.41, 5.74) is 11.5. The van der Waals surface area contributed by atoms with Gasteiger partial charge in [-0.25, -0.2) is 0 Å². The van der Waals surface area contributed by atoms with Crippen molar-refractivity contribution in [2.45, 2.75) is 45.9 Å². The molecule has 18 heavy (non-hydrogen) atoms. The van der Waals surface area contributed by atoms with Crippen LogP contribution in [0.1, 0.15) is 28.7 Å². The third kappa shape index (κ3) is 3.31. The molecule has 3 nitrogen and oxygen atoms in total. The highest BCUT2D eigenvalue weighted by Crippen LogP contribution is 2.20. The van der Waals surface area contributed by atoms with Gasteiger partial charge in [0.15, 0.2) is 6.29 Å². The molecule has 0 spiro atoms. The van der Waals surface area contributed by atoms with E-state index in [9.17, 15) is 0 Å². The lowest BCUT2D eigenvalue weighted by atomic mass is 9.93. The fourth-order valence-corrected chi connectivity index (χ4v) is 2.67. The number of benzene rings is 1. The molecule has 1 heterocycles. The zero-order valence-electron chi connectivity index (χ0n) is 11.5. The van der Waals surface area contributed by atoms with Crippen LogP contribution in [0.2, 0.25) is 0 Å². The molecule has 2 N–H and O–H groups in total. The van der Waals surface area contributed by atoms with Crippen molar-refractivity contribution < 1.29 is 9.47 Å². The molecule has 0 saturated carbocycles. The van der Waals surface area contributed by atoms with Gasteiger partial charge in [0.05, 0.1) is 13.2 Å². The van der Waals surface area contributed by atoms with E-state index in [1.54, 1.807) is 0 Å². The molecule has 0 amide bonds. The molecule has 1 fully saturated rings.